The van der Waals surface area contributed by atoms with Gasteiger partial charge in [0.1, 0.15) is 5.82 Å². The second-order valence-corrected chi connectivity index (χ2v) is 5.07. The highest BCUT2D eigenvalue weighted by molar-refractivity contribution is 9.11. The lowest BCUT2D eigenvalue weighted by Crippen LogP contribution is -1.94. The number of hydrogen-bond donors (Lipinski definition) is 1. The number of aromatic nitrogens is 1. The molecule has 0 bridgehead atoms. The lowest BCUT2D eigenvalue weighted by Gasteiger charge is -2.07. The van der Waals surface area contributed by atoms with Gasteiger partial charge in [-0.1, -0.05) is 6.07 Å². The summed E-state index contributed by atoms with van der Waals surface area (Å²) in [4.78, 5) is 4.24. The van der Waals surface area contributed by atoms with Gasteiger partial charge in [0.15, 0.2) is 0 Å². The van der Waals surface area contributed by atoms with E-state index in [1.807, 2.05) is 18.2 Å². The zero-order valence-corrected chi connectivity index (χ0v) is 11.8. The number of rotatable bonds is 2. The van der Waals surface area contributed by atoms with E-state index in [4.69, 9.17) is 5.26 Å². The van der Waals surface area contributed by atoms with Gasteiger partial charge in [-0.15, -0.1) is 0 Å². The monoisotopic (exact) mass is 351 g/mol. The number of halogens is 2. The first-order chi connectivity index (χ1) is 8.19. The lowest BCUT2D eigenvalue weighted by atomic mass is 10.2. The van der Waals surface area contributed by atoms with Crippen LogP contribution >= 0.6 is 31.9 Å². The van der Waals surface area contributed by atoms with Gasteiger partial charge in [-0.3, -0.25) is 0 Å². The average Bonchev–Trinajstić information content (AvgIpc) is 2.33. The quantitative estimate of drug-likeness (QED) is 0.880. The fourth-order valence-corrected chi connectivity index (χ4v) is 2.40. The largest absolute Gasteiger partial charge is 0.339 e. The van der Waals surface area contributed by atoms with Crippen molar-refractivity contribution < 1.29 is 0 Å². The number of anilines is 2. The van der Waals surface area contributed by atoms with Gasteiger partial charge in [-0.2, -0.15) is 5.26 Å². The van der Waals surface area contributed by atoms with Gasteiger partial charge in [0.05, 0.1) is 16.1 Å². The number of nitrogens with zero attached hydrogens (tertiary/aromatic N) is 2. The Bertz CT molecular complexity index is 591. The van der Waals surface area contributed by atoms with E-state index in [1.54, 1.807) is 18.3 Å². The first-order valence-electron chi connectivity index (χ1n) is 4.77. The highest BCUT2D eigenvalue weighted by Gasteiger charge is 2.03. The molecule has 0 aliphatic heterocycles. The first kappa shape index (κ1) is 12.1. The molecule has 0 saturated heterocycles. The van der Waals surface area contributed by atoms with Crippen LogP contribution in [0.2, 0.25) is 0 Å². The van der Waals surface area contributed by atoms with Gasteiger partial charge < -0.3 is 5.32 Å². The third-order valence-corrected chi connectivity index (χ3v) is 3.10. The van der Waals surface area contributed by atoms with Gasteiger partial charge in [-0.05, 0) is 56.1 Å². The molecule has 1 aromatic carbocycles. The highest BCUT2D eigenvalue weighted by Crippen LogP contribution is 2.26. The predicted octanol–water partition coefficient (Wildman–Crippen LogP) is 4.22. The molecule has 2 rings (SSSR count). The van der Waals surface area contributed by atoms with Crippen molar-refractivity contribution in [2.45, 2.75) is 0 Å². The molecular weight excluding hydrogens is 346 g/mol. The van der Waals surface area contributed by atoms with Crippen molar-refractivity contribution in [3.63, 3.8) is 0 Å². The summed E-state index contributed by atoms with van der Waals surface area (Å²) >= 11 is 6.76. The van der Waals surface area contributed by atoms with Crippen molar-refractivity contribution in [2.24, 2.45) is 0 Å². The van der Waals surface area contributed by atoms with Crippen molar-refractivity contribution >= 4 is 43.4 Å². The highest BCUT2D eigenvalue weighted by atomic mass is 79.9. The van der Waals surface area contributed by atoms with Gasteiger partial charge in [0, 0.05) is 16.4 Å². The molecule has 0 aliphatic rings. The zero-order valence-electron chi connectivity index (χ0n) is 8.61. The normalized spacial score (nSPS) is 9.71. The van der Waals surface area contributed by atoms with Gasteiger partial charge in [0.25, 0.3) is 0 Å². The van der Waals surface area contributed by atoms with Crippen molar-refractivity contribution in [3.8, 4) is 6.07 Å². The number of nitriles is 1. The Morgan fingerprint density at radius 3 is 2.76 bits per heavy atom. The first-order valence-corrected chi connectivity index (χ1v) is 6.36. The summed E-state index contributed by atoms with van der Waals surface area (Å²) in [5.74, 6) is 0.711. The Morgan fingerprint density at radius 1 is 1.24 bits per heavy atom. The number of pyridine rings is 1. The molecule has 0 spiro atoms. The average molecular weight is 353 g/mol. The Balaban J connectivity index is 2.28. The second kappa shape index (κ2) is 5.30. The summed E-state index contributed by atoms with van der Waals surface area (Å²) in [6.07, 6.45) is 1.71. The molecule has 3 nitrogen and oxygen atoms in total. The molecule has 1 aromatic heterocycles. The smallest absolute Gasteiger partial charge is 0.144 e. The summed E-state index contributed by atoms with van der Waals surface area (Å²) in [6.45, 7) is 0. The Morgan fingerprint density at radius 2 is 2.06 bits per heavy atom. The molecule has 0 fully saturated rings. The molecule has 0 unspecified atom stereocenters. The molecule has 5 heteroatoms. The molecule has 0 amide bonds. The number of nitrogens with one attached hydrogen (secondary N) is 1. The summed E-state index contributed by atoms with van der Waals surface area (Å²) in [5.41, 5.74) is 1.45. The summed E-state index contributed by atoms with van der Waals surface area (Å²) in [5, 5.41) is 12.0. The lowest BCUT2D eigenvalue weighted by molar-refractivity contribution is 1.27. The molecule has 0 atom stereocenters. The third-order valence-electron chi connectivity index (χ3n) is 2.06. The Hall–Kier alpha value is -1.38. The minimum absolute atomic E-state index is 0.614. The minimum Gasteiger partial charge on any atom is -0.339 e. The minimum atomic E-state index is 0.614. The predicted molar refractivity (Wildman–Crippen MR) is 74.1 cm³/mol. The zero-order chi connectivity index (χ0) is 12.3. The van der Waals surface area contributed by atoms with Crippen LogP contribution in [0.5, 0.6) is 0 Å². The summed E-state index contributed by atoms with van der Waals surface area (Å²) in [6, 6.07) is 11.2. The second-order valence-electron chi connectivity index (χ2n) is 3.30. The Labute approximate surface area is 116 Å². The molecule has 1 heterocycles. The fourth-order valence-electron chi connectivity index (χ4n) is 1.31. The van der Waals surface area contributed by atoms with E-state index in [1.165, 1.54) is 0 Å². The Kier molecular flexibility index (Phi) is 3.77. The van der Waals surface area contributed by atoms with E-state index in [-0.39, 0.29) is 0 Å². The van der Waals surface area contributed by atoms with Gasteiger partial charge in [0.2, 0.25) is 0 Å². The van der Waals surface area contributed by atoms with E-state index in [0.29, 0.717) is 11.4 Å². The summed E-state index contributed by atoms with van der Waals surface area (Å²) < 4.78 is 1.76. The van der Waals surface area contributed by atoms with Gasteiger partial charge in [-0.25, -0.2) is 4.98 Å². The van der Waals surface area contributed by atoms with Crippen LogP contribution in [0, 0.1) is 11.3 Å². The van der Waals surface area contributed by atoms with Crippen LogP contribution in [0.25, 0.3) is 0 Å². The van der Waals surface area contributed by atoms with Crippen LogP contribution in [-0.4, -0.2) is 4.98 Å². The van der Waals surface area contributed by atoms with Crippen molar-refractivity contribution in [3.05, 3.63) is 51.0 Å². The molecule has 0 saturated carbocycles. The van der Waals surface area contributed by atoms with Crippen LogP contribution in [-0.2, 0) is 0 Å². The molecule has 17 heavy (non-hydrogen) atoms. The van der Waals surface area contributed by atoms with Crippen LogP contribution in [0.1, 0.15) is 5.56 Å². The van der Waals surface area contributed by atoms with E-state index >= 15 is 0 Å². The SMILES string of the molecule is N#Cc1cccc(Nc2ncc(Br)cc2Br)c1. The van der Waals surface area contributed by atoms with Crippen LogP contribution in [0.15, 0.2) is 45.5 Å². The summed E-state index contributed by atoms with van der Waals surface area (Å²) in [7, 11) is 0. The fraction of sp³-hybridized carbons (Fsp3) is 0. The van der Waals surface area contributed by atoms with Gasteiger partial charge >= 0.3 is 0 Å². The van der Waals surface area contributed by atoms with E-state index in [2.05, 4.69) is 48.2 Å². The van der Waals surface area contributed by atoms with Crippen molar-refractivity contribution in [1.29, 1.82) is 5.26 Å². The number of hydrogen-bond acceptors (Lipinski definition) is 3. The standard InChI is InChI=1S/C12H7Br2N3/c13-9-5-11(14)12(16-7-9)17-10-3-1-2-8(4-10)6-15/h1-5,7H,(H,16,17). The van der Waals surface area contributed by atoms with Crippen molar-refractivity contribution in [1.82, 2.24) is 4.98 Å². The van der Waals surface area contributed by atoms with Crippen LogP contribution in [0.4, 0.5) is 11.5 Å². The maximum atomic E-state index is 8.81. The number of benzene rings is 1. The molecular formula is C12H7Br2N3. The molecule has 1 N–H and O–H groups in total. The molecule has 84 valence electrons. The molecule has 0 radical (unpaired) electrons. The van der Waals surface area contributed by atoms with Crippen LogP contribution < -0.4 is 5.32 Å². The topological polar surface area (TPSA) is 48.7 Å². The van der Waals surface area contributed by atoms with Crippen molar-refractivity contribution in [2.75, 3.05) is 5.32 Å². The maximum Gasteiger partial charge on any atom is 0.144 e. The molecule has 0 aliphatic carbocycles. The van der Waals surface area contributed by atoms with Crippen LogP contribution in [0.3, 0.4) is 0 Å². The third kappa shape index (κ3) is 3.05. The molecule has 2 aromatic rings. The van der Waals surface area contributed by atoms with E-state index < -0.39 is 0 Å². The maximum absolute atomic E-state index is 8.81. The van der Waals surface area contributed by atoms with E-state index in [0.717, 1.165) is 14.6 Å². The van der Waals surface area contributed by atoms with E-state index in [9.17, 15) is 0 Å².